The van der Waals surface area contributed by atoms with Crippen LogP contribution in [0.25, 0.3) is 0 Å². The van der Waals surface area contributed by atoms with Crippen LogP contribution in [0.1, 0.15) is 12.5 Å². The minimum absolute atomic E-state index is 0.136. The number of rotatable bonds is 3. The van der Waals surface area contributed by atoms with Gasteiger partial charge in [-0.05, 0) is 6.92 Å². The topological polar surface area (TPSA) is 47.6 Å². The van der Waals surface area contributed by atoms with Crippen molar-refractivity contribution in [3.63, 3.8) is 0 Å². The SMILES string of the molecule is CCOc1cc(F)c(F)c(F)c1C=NN. The highest BCUT2D eigenvalue weighted by atomic mass is 19.2. The summed E-state index contributed by atoms with van der Waals surface area (Å²) in [5.41, 5.74) is -0.307. The van der Waals surface area contributed by atoms with Crippen molar-refractivity contribution in [1.29, 1.82) is 0 Å². The smallest absolute Gasteiger partial charge is 0.195 e. The highest BCUT2D eigenvalue weighted by Gasteiger charge is 2.18. The first kappa shape index (κ1) is 11.4. The maximum Gasteiger partial charge on any atom is 0.195 e. The van der Waals surface area contributed by atoms with Crippen molar-refractivity contribution in [2.24, 2.45) is 10.9 Å². The van der Waals surface area contributed by atoms with Crippen LogP contribution in [0, 0.1) is 17.5 Å². The molecule has 0 fully saturated rings. The molecule has 2 N–H and O–H groups in total. The van der Waals surface area contributed by atoms with Crippen molar-refractivity contribution in [3.8, 4) is 5.75 Å². The lowest BCUT2D eigenvalue weighted by Crippen LogP contribution is -2.04. The first-order valence-corrected chi connectivity index (χ1v) is 4.15. The van der Waals surface area contributed by atoms with E-state index in [2.05, 4.69) is 5.10 Å². The Hall–Kier alpha value is -1.72. The average Bonchev–Trinajstić information content (AvgIpc) is 2.21. The third-order valence-electron chi connectivity index (χ3n) is 1.67. The van der Waals surface area contributed by atoms with E-state index in [1.165, 1.54) is 0 Å². The Bertz CT molecular complexity index is 393. The van der Waals surface area contributed by atoms with Gasteiger partial charge < -0.3 is 10.6 Å². The molecule has 0 bridgehead atoms. The van der Waals surface area contributed by atoms with Crippen molar-refractivity contribution < 1.29 is 17.9 Å². The van der Waals surface area contributed by atoms with Crippen LogP contribution in [0.5, 0.6) is 5.75 Å². The Balaban J connectivity index is 3.36. The number of nitrogens with zero attached hydrogens (tertiary/aromatic N) is 1. The first-order valence-electron chi connectivity index (χ1n) is 4.15. The van der Waals surface area contributed by atoms with Crippen LogP contribution in [0.3, 0.4) is 0 Å². The zero-order valence-corrected chi connectivity index (χ0v) is 7.93. The molecule has 1 aromatic carbocycles. The number of hydrogen-bond donors (Lipinski definition) is 1. The first-order chi connectivity index (χ1) is 7.11. The highest BCUT2D eigenvalue weighted by molar-refractivity contribution is 5.83. The summed E-state index contributed by atoms with van der Waals surface area (Å²) in [7, 11) is 0. The molecule has 0 aliphatic rings. The Morgan fingerprint density at radius 2 is 2.07 bits per heavy atom. The molecule has 1 rings (SSSR count). The van der Waals surface area contributed by atoms with Crippen LogP contribution < -0.4 is 10.6 Å². The molecule has 0 aromatic heterocycles. The number of ether oxygens (including phenoxy) is 1. The Morgan fingerprint density at radius 1 is 1.40 bits per heavy atom. The van der Waals surface area contributed by atoms with Crippen LogP contribution >= 0.6 is 0 Å². The summed E-state index contributed by atoms with van der Waals surface area (Å²) < 4.78 is 43.7. The predicted molar refractivity (Wildman–Crippen MR) is 49.3 cm³/mol. The van der Waals surface area contributed by atoms with Crippen LogP contribution in [-0.2, 0) is 0 Å². The maximum absolute atomic E-state index is 13.2. The van der Waals surface area contributed by atoms with Crippen molar-refractivity contribution in [1.82, 2.24) is 0 Å². The van der Waals surface area contributed by atoms with Gasteiger partial charge in [0.2, 0.25) is 0 Å². The second-order valence-electron chi connectivity index (χ2n) is 2.61. The van der Waals surface area contributed by atoms with E-state index in [9.17, 15) is 13.2 Å². The minimum atomic E-state index is -1.58. The van der Waals surface area contributed by atoms with Gasteiger partial charge in [-0.1, -0.05) is 0 Å². The molecule has 0 saturated heterocycles. The zero-order chi connectivity index (χ0) is 11.4. The van der Waals surface area contributed by atoms with E-state index >= 15 is 0 Å². The lowest BCUT2D eigenvalue weighted by atomic mass is 10.2. The van der Waals surface area contributed by atoms with Gasteiger partial charge in [-0.25, -0.2) is 13.2 Å². The van der Waals surface area contributed by atoms with E-state index in [1.54, 1.807) is 6.92 Å². The molecule has 6 heteroatoms. The Morgan fingerprint density at radius 3 is 2.60 bits per heavy atom. The van der Waals surface area contributed by atoms with Crippen molar-refractivity contribution in [2.75, 3.05) is 6.61 Å². The molecule has 3 nitrogen and oxygen atoms in total. The molecule has 0 aliphatic carbocycles. The second kappa shape index (κ2) is 4.68. The van der Waals surface area contributed by atoms with Crippen molar-refractivity contribution in [3.05, 3.63) is 29.1 Å². The molecule has 0 unspecified atom stereocenters. The standard InChI is InChI=1S/C9H9F3N2O/c1-2-15-7-3-6(10)9(12)8(11)5(7)4-14-13/h3-4H,2,13H2,1H3. The van der Waals surface area contributed by atoms with Crippen molar-refractivity contribution in [2.45, 2.75) is 6.92 Å². The van der Waals surface area contributed by atoms with Gasteiger partial charge in [-0.15, -0.1) is 0 Å². The van der Waals surface area contributed by atoms with E-state index in [0.29, 0.717) is 0 Å². The van der Waals surface area contributed by atoms with Crippen LogP contribution in [-0.4, -0.2) is 12.8 Å². The molecular weight excluding hydrogens is 209 g/mol. The van der Waals surface area contributed by atoms with Crippen LogP contribution in [0.2, 0.25) is 0 Å². The maximum atomic E-state index is 13.2. The fourth-order valence-corrected chi connectivity index (χ4v) is 1.06. The predicted octanol–water partition coefficient (Wildman–Crippen LogP) is 1.80. The van der Waals surface area contributed by atoms with Gasteiger partial charge in [-0.2, -0.15) is 5.10 Å². The number of nitrogens with two attached hydrogens (primary N) is 1. The van der Waals surface area contributed by atoms with Crippen LogP contribution in [0.15, 0.2) is 11.2 Å². The summed E-state index contributed by atoms with van der Waals surface area (Å²) in [6, 6.07) is 0.749. The largest absolute Gasteiger partial charge is 0.493 e. The van der Waals surface area contributed by atoms with Gasteiger partial charge in [0.25, 0.3) is 0 Å². The molecule has 1 aromatic rings. The number of halogens is 3. The number of benzene rings is 1. The number of hydrogen-bond acceptors (Lipinski definition) is 3. The summed E-state index contributed by atoms with van der Waals surface area (Å²) in [6.45, 7) is 1.82. The summed E-state index contributed by atoms with van der Waals surface area (Å²) in [4.78, 5) is 0. The zero-order valence-electron chi connectivity index (χ0n) is 7.93. The third kappa shape index (κ3) is 2.20. The molecule has 0 spiro atoms. The van der Waals surface area contributed by atoms with E-state index in [1.807, 2.05) is 0 Å². The fourth-order valence-electron chi connectivity index (χ4n) is 1.06. The molecule has 0 saturated carbocycles. The molecule has 0 atom stereocenters. The van der Waals surface area contributed by atoms with Gasteiger partial charge in [0.1, 0.15) is 5.75 Å². The lowest BCUT2D eigenvalue weighted by molar-refractivity contribution is 0.330. The molecule has 0 radical (unpaired) electrons. The monoisotopic (exact) mass is 218 g/mol. The molecular formula is C9H9F3N2O. The third-order valence-corrected chi connectivity index (χ3v) is 1.67. The lowest BCUT2D eigenvalue weighted by Gasteiger charge is -2.08. The Kier molecular flexibility index (Phi) is 3.54. The molecule has 0 aliphatic heterocycles. The molecule has 15 heavy (non-hydrogen) atoms. The normalized spacial score (nSPS) is 10.9. The Labute approximate surface area is 84.3 Å². The van der Waals surface area contributed by atoms with E-state index < -0.39 is 17.5 Å². The van der Waals surface area contributed by atoms with Crippen LogP contribution in [0.4, 0.5) is 13.2 Å². The van der Waals surface area contributed by atoms with E-state index in [-0.39, 0.29) is 17.9 Å². The van der Waals surface area contributed by atoms with E-state index in [4.69, 9.17) is 10.6 Å². The molecule has 0 amide bonds. The summed E-state index contributed by atoms with van der Waals surface area (Å²) in [5, 5.41) is 3.05. The van der Waals surface area contributed by atoms with Gasteiger partial charge in [0.15, 0.2) is 17.5 Å². The second-order valence-corrected chi connectivity index (χ2v) is 2.61. The van der Waals surface area contributed by atoms with E-state index in [0.717, 1.165) is 12.3 Å². The van der Waals surface area contributed by atoms with Crippen molar-refractivity contribution >= 4 is 6.21 Å². The minimum Gasteiger partial charge on any atom is -0.493 e. The van der Waals surface area contributed by atoms with Gasteiger partial charge >= 0.3 is 0 Å². The quantitative estimate of drug-likeness (QED) is 0.364. The summed E-state index contributed by atoms with van der Waals surface area (Å²) >= 11 is 0. The number of hydrazone groups is 1. The highest BCUT2D eigenvalue weighted by Crippen LogP contribution is 2.24. The molecule has 0 heterocycles. The van der Waals surface area contributed by atoms with Gasteiger partial charge in [0, 0.05) is 6.07 Å². The molecule has 82 valence electrons. The average molecular weight is 218 g/mol. The fraction of sp³-hybridized carbons (Fsp3) is 0.222. The summed E-state index contributed by atoms with van der Waals surface area (Å²) in [6.07, 6.45) is 0.864. The van der Waals surface area contributed by atoms with Gasteiger partial charge in [-0.3, -0.25) is 0 Å². The van der Waals surface area contributed by atoms with Gasteiger partial charge in [0.05, 0.1) is 18.4 Å². The summed E-state index contributed by atoms with van der Waals surface area (Å²) in [5.74, 6) is 0.419.